The third kappa shape index (κ3) is 0.977. The van der Waals surface area contributed by atoms with E-state index in [2.05, 4.69) is 6.92 Å². The molecule has 0 N–H and O–H groups in total. The predicted molar refractivity (Wildman–Crippen MR) is 58.3 cm³/mol. The first-order valence-electron chi connectivity index (χ1n) is 5.37. The lowest BCUT2D eigenvalue weighted by atomic mass is 10.0. The van der Waals surface area contributed by atoms with Crippen molar-refractivity contribution in [3.63, 3.8) is 0 Å². The van der Waals surface area contributed by atoms with Gasteiger partial charge >= 0.3 is 0 Å². The van der Waals surface area contributed by atoms with Gasteiger partial charge in [0.2, 0.25) is 0 Å². The summed E-state index contributed by atoms with van der Waals surface area (Å²) < 4.78 is 0. The Hall–Kier alpha value is -0.630. The topological polar surface area (TPSA) is 17.1 Å². The molecule has 0 radical (unpaired) electrons. The van der Waals surface area contributed by atoms with Crippen LogP contribution in [0.4, 0.5) is 0 Å². The minimum absolute atomic E-state index is 0.271. The van der Waals surface area contributed by atoms with Crippen molar-refractivity contribution in [3.8, 4) is 0 Å². The van der Waals surface area contributed by atoms with Crippen molar-refractivity contribution in [1.29, 1.82) is 0 Å². The quantitative estimate of drug-likeness (QED) is 0.679. The second-order valence-electron chi connectivity index (χ2n) is 4.46. The summed E-state index contributed by atoms with van der Waals surface area (Å²) in [6, 6.07) is 0. The maximum Gasteiger partial charge on any atom is 0.170 e. The molecule has 14 heavy (non-hydrogen) atoms. The molecule has 2 aliphatic rings. The Morgan fingerprint density at radius 2 is 2.36 bits per heavy atom. The van der Waals surface area contributed by atoms with Crippen LogP contribution in [0.3, 0.4) is 0 Å². The van der Waals surface area contributed by atoms with Crippen molar-refractivity contribution in [2.45, 2.75) is 39.0 Å². The van der Waals surface area contributed by atoms with Crippen molar-refractivity contribution in [2.24, 2.45) is 5.92 Å². The Labute approximate surface area is 88.1 Å². The number of carbonyl (C=O) groups is 1. The van der Waals surface area contributed by atoms with Gasteiger partial charge in [0.15, 0.2) is 5.78 Å². The number of ketones is 1. The molecule has 1 saturated carbocycles. The highest BCUT2D eigenvalue weighted by Crippen LogP contribution is 2.59. The van der Waals surface area contributed by atoms with E-state index >= 15 is 0 Å². The molecular weight excluding hydrogens is 192 g/mol. The smallest absolute Gasteiger partial charge is 0.170 e. The van der Waals surface area contributed by atoms with E-state index in [-0.39, 0.29) is 5.78 Å². The molecule has 2 aliphatic carbocycles. The zero-order chi connectivity index (χ0) is 9.87. The van der Waals surface area contributed by atoms with Crippen LogP contribution in [0.2, 0.25) is 0 Å². The molecule has 2 atom stereocenters. The van der Waals surface area contributed by atoms with Crippen molar-refractivity contribution >= 4 is 17.1 Å². The summed E-state index contributed by atoms with van der Waals surface area (Å²) in [6.07, 6.45) is 3.67. The van der Waals surface area contributed by atoms with E-state index in [0.717, 1.165) is 23.1 Å². The molecule has 0 bridgehead atoms. The van der Waals surface area contributed by atoms with E-state index in [1.165, 1.54) is 23.3 Å². The Bertz CT molecular complexity index is 416. The number of fused-ring (bicyclic) bond motifs is 3. The summed E-state index contributed by atoms with van der Waals surface area (Å²) in [5.41, 5.74) is 2.99. The highest BCUT2D eigenvalue weighted by Gasteiger charge is 2.48. The van der Waals surface area contributed by atoms with Gasteiger partial charge in [0, 0.05) is 4.88 Å². The van der Waals surface area contributed by atoms with Crippen LogP contribution in [-0.2, 0) is 12.8 Å². The van der Waals surface area contributed by atoms with Gasteiger partial charge in [-0.15, -0.1) is 11.3 Å². The SMILES string of the molecule is CCc1sc(C(C)=O)c2c1C1CC1C2. The first kappa shape index (κ1) is 8.66. The molecule has 2 heteroatoms. The molecule has 1 aromatic heterocycles. The second-order valence-corrected chi connectivity index (χ2v) is 5.57. The molecule has 0 aliphatic heterocycles. The molecule has 1 fully saturated rings. The van der Waals surface area contributed by atoms with Gasteiger partial charge in [0.25, 0.3) is 0 Å². The van der Waals surface area contributed by atoms with Crippen LogP contribution in [0.15, 0.2) is 0 Å². The normalized spacial score (nSPS) is 27.3. The first-order chi connectivity index (χ1) is 6.72. The van der Waals surface area contributed by atoms with Gasteiger partial charge in [-0.3, -0.25) is 4.79 Å². The van der Waals surface area contributed by atoms with Gasteiger partial charge in [-0.1, -0.05) is 6.92 Å². The molecule has 74 valence electrons. The lowest BCUT2D eigenvalue weighted by Crippen LogP contribution is -1.94. The summed E-state index contributed by atoms with van der Waals surface area (Å²) in [5.74, 6) is 2.01. The van der Waals surface area contributed by atoms with Crippen LogP contribution < -0.4 is 0 Å². The monoisotopic (exact) mass is 206 g/mol. The van der Waals surface area contributed by atoms with Gasteiger partial charge in [-0.2, -0.15) is 0 Å². The van der Waals surface area contributed by atoms with Crippen LogP contribution in [0.25, 0.3) is 0 Å². The zero-order valence-corrected chi connectivity index (χ0v) is 9.41. The van der Waals surface area contributed by atoms with E-state index in [1.807, 2.05) is 0 Å². The summed E-state index contributed by atoms with van der Waals surface area (Å²) in [4.78, 5) is 14.0. The van der Waals surface area contributed by atoms with E-state index in [4.69, 9.17) is 0 Å². The lowest BCUT2D eigenvalue weighted by Gasteiger charge is -1.98. The standard InChI is InChI=1S/C12H14OS/c1-3-10-11-8-4-7(8)5-9(11)12(14-10)6(2)13/h7-8H,3-5H2,1-2H3. The molecule has 0 amide bonds. The number of rotatable bonds is 2. The fourth-order valence-electron chi connectivity index (χ4n) is 2.80. The predicted octanol–water partition coefficient (Wildman–Crippen LogP) is 3.17. The average Bonchev–Trinajstić information content (AvgIpc) is 2.67. The van der Waals surface area contributed by atoms with Gasteiger partial charge in [-0.05, 0) is 49.1 Å². The Balaban J connectivity index is 2.17. The van der Waals surface area contributed by atoms with Gasteiger partial charge in [-0.25, -0.2) is 0 Å². The number of aryl methyl sites for hydroxylation is 1. The van der Waals surface area contributed by atoms with Crippen molar-refractivity contribution in [1.82, 2.24) is 0 Å². The Morgan fingerprint density at radius 1 is 1.57 bits per heavy atom. The summed E-state index contributed by atoms with van der Waals surface area (Å²) in [7, 11) is 0. The van der Waals surface area contributed by atoms with E-state index < -0.39 is 0 Å². The third-order valence-electron chi connectivity index (χ3n) is 3.53. The second kappa shape index (κ2) is 2.69. The van der Waals surface area contributed by atoms with Gasteiger partial charge < -0.3 is 0 Å². The number of Topliss-reactive ketones (excluding diaryl/α,β-unsaturated/α-hetero) is 1. The number of hydrogen-bond acceptors (Lipinski definition) is 2. The number of thiophene rings is 1. The molecule has 1 nitrogen and oxygen atoms in total. The highest BCUT2D eigenvalue weighted by molar-refractivity contribution is 7.14. The molecule has 0 spiro atoms. The van der Waals surface area contributed by atoms with Crippen LogP contribution >= 0.6 is 11.3 Å². The minimum Gasteiger partial charge on any atom is -0.294 e. The van der Waals surface area contributed by atoms with Gasteiger partial charge in [0.05, 0.1) is 4.88 Å². The van der Waals surface area contributed by atoms with Gasteiger partial charge in [0.1, 0.15) is 0 Å². The largest absolute Gasteiger partial charge is 0.294 e. The summed E-state index contributed by atoms with van der Waals surface area (Å²) in [6.45, 7) is 3.90. The van der Waals surface area contributed by atoms with E-state index in [0.29, 0.717) is 0 Å². The van der Waals surface area contributed by atoms with Crippen molar-refractivity contribution in [2.75, 3.05) is 0 Å². The summed E-state index contributed by atoms with van der Waals surface area (Å²) in [5, 5.41) is 0. The van der Waals surface area contributed by atoms with E-state index in [9.17, 15) is 4.79 Å². The Morgan fingerprint density at radius 3 is 3.00 bits per heavy atom. The van der Waals surface area contributed by atoms with Crippen LogP contribution in [0, 0.1) is 5.92 Å². The summed E-state index contributed by atoms with van der Waals surface area (Å²) >= 11 is 1.75. The molecule has 0 saturated heterocycles. The Kier molecular flexibility index (Phi) is 1.67. The maximum atomic E-state index is 11.5. The first-order valence-corrected chi connectivity index (χ1v) is 6.19. The fraction of sp³-hybridized carbons (Fsp3) is 0.583. The number of hydrogen-bond donors (Lipinski definition) is 0. The maximum absolute atomic E-state index is 11.5. The van der Waals surface area contributed by atoms with Crippen LogP contribution in [0.5, 0.6) is 0 Å². The molecule has 1 heterocycles. The number of carbonyl (C=O) groups excluding carboxylic acids is 1. The minimum atomic E-state index is 0.271. The average molecular weight is 206 g/mol. The molecule has 3 rings (SSSR count). The zero-order valence-electron chi connectivity index (χ0n) is 8.59. The van der Waals surface area contributed by atoms with Crippen LogP contribution in [0.1, 0.15) is 51.9 Å². The highest BCUT2D eigenvalue weighted by atomic mass is 32.1. The van der Waals surface area contributed by atoms with Crippen molar-refractivity contribution < 1.29 is 4.79 Å². The van der Waals surface area contributed by atoms with Crippen molar-refractivity contribution in [3.05, 3.63) is 20.9 Å². The van der Waals surface area contributed by atoms with Crippen LogP contribution in [-0.4, -0.2) is 5.78 Å². The molecule has 2 unspecified atom stereocenters. The molecular formula is C12H14OS. The third-order valence-corrected chi connectivity index (χ3v) is 5.02. The van der Waals surface area contributed by atoms with E-state index in [1.54, 1.807) is 23.8 Å². The lowest BCUT2D eigenvalue weighted by molar-refractivity contribution is 0.102. The molecule has 0 aromatic carbocycles. The molecule has 1 aromatic rings. The fourth-order valence-corrected chi connectivity index (χ4v) is 4.04.